The Labute approximate surface area is 102 Å². The molecule has 3 nitrogen and oxygen atoms in total. The van der Waals surface area contributed by atoms with Gasteiger partial charge in [0, 0.05) is 32.8 Å². The lowest BCUT2D eigenvalue weighted by Crippen LogP contribution is -2.33. The van der Waals surface area contributed by atoms with Crippen LogP contribution in [-0.2, 0) is 11.3 Å². The van der Waals surface area contributed by atoms with Crippen molar-refractivity contribution in [2.45, 2.75) is 32.4 Å². The standard InChI is InChI=1S/C12H22N2OS/c1-10-8-16-9-11(10)6-14-7-12(13)4-3-5-15-2/h8-9,12,14H,3-7,13H2,1-2H3. The third kappa shape index (κ3) is 5.07. The molecule has 1 atom stereocenters. The molecule has 0 aliphatic heterocycles. The zero-order chi connectivity index (χ0) is 11.8. The molecule has 0 radical (unpaired) electrons. The lowest BCUT2D eigenvalue weighted by molar-refractivity contribution is 0.190. The van der Waals surface area contributed by atoms with Gasteiger partial charge < -0.3 is 15.8 Å². The number of hydrogen-bond acceptors (Lipinski definition) is 4. The molecular formula is C12H22N2OS. The molecular weight excluding hydrogens is 220 g/mol. The second kappa shape index (κ2) is 7.79. The van der Waals surface area contributed by atoms with E-state index in [9.17, 15) is 0 Å². The molecule has 0 saturated carbocycles. The molecule has 0 aliphatic rings. The Hall–Kier alpha value is -0.420. The summed E-state index contributed by atoms with van der Waals surface area (Å²) in [5, 5.41) is 7.77. The van der Waals surface area contributed by atoms with Crippen LogP contribution in [-0.4, -0.2) is 26.3 Å². The fraction of sp³-hybridized carbons (Fsp3) is 0.667. The van der Waals surface area contributed by atoms with Gasteiger partial charge in [-0.25, -0.2) is 0 Å². The first kappa shape index (κ1) is 13.6. The summed E-state index contributed by atoms with van der Waals surface area (Å²) in [6.07, 6.45) is 2.06. The van der Waals surface area contributed by atoms with Gasteiger partial charge in [0.2, 0.25) is 0 Å². The lowest BCUT2D eigenvalue weighted by atomic mass is 10.1. The maximum absolute atomic E-state index is 5.98. The van der Waals surface area contributed by atoms with E-state index >= 15 is 0 Å². The number of methoxy groups -OCH3 is 1. The molecule has 3 N–H and O–H groups in total. The summed E-state index contributed by atoms with van der Waals surface area (Å²) in [6, 6.07) is 0.231. The van der Waals surface area contributed by atoms with E-state index in [2.05, 4.69) is 23.0 Å². The Balaban J connectivity index is 2.08. The molecule has 1 heterocycles. The Morgan fingerprint density at radius 3 is 2.94 bits per heavy atom. The van der Waals surface area contributed by atoms with Gasteiger partial charge in [-0.2, -0.15) is 11.3 Å². The fourth-order valence-electron chi connectivity index (χ4n) is 1.55. The van der Waals surface area contributed by atoms with Crippen molar-refractivity contribution in [1.82, 2.24) is 5.32 Å². The second-order valence-electron chi connectivity index (χ2n) is 4.11. The summed E-state index contributed by atoms with van der Waals surface area (Å²) in [7, 11) is 1.73. The van der Waals surface area contributed by atoms with Crippen LogP contribution < -0.4 is 11.1 Å². The largest absolute Gasteiger partial charge is 0.385 e. The first-order chi connectivity index (χ1) is 7.74. The summed E-state index contributed by atoms with van der Waals surface area (Å²) < 4.78 is 5.00. The zero-order valence-electron chi connectivity index (χ0n) is 10.2. The molecule has 0 spiro atoms. The minimum Gasteiger partial charge on any atom is -0.385 e. The number of rotatable bonds is 8. The molecule has 0 fully saturated rings. The minimum absolute atomic E-state index is 0.231. The van der Waals surface area contributed by atoms with E-state index in [4.69, 9.17) is 10.5 Å². The molecule has 0 aliphatic carbocycles. The van der Waals surface area contributed by atoms with Crippen LogP contribution in [0.25, 0.3) is 0 Å². The molecule has 1 rings (SSSR count). The highest BCUT2D eigenvalue weighted by Gasteiger charge is 2.03. The van der Waals surface area contributed by atoms with E-state index in [1.807, 2.05) is 0 Å². The van der Waals surface area contributed by atoms with Gasteiger partial charge in [0.25, 0.3) is 0 Å². The highest BCUT2D eigenvalue weighted by atomic mass is 32.1. The molecule has 1 aromatic rings. The molecule has 0 bridgehead atoms. The summed E-state index contributed by atoms with van der Waals surface area (Å²) >= 11 is 1.75. The molecule has 16 heavy (non-hydrogen) atoms. The minimum atomic E-state index is 0.231. The molecule has 4 heteroatoms. The molecule has 0 saturated heterocycles. The van der Waals surface area contributed by atoms with Crippen LogP contribution in [0.15, 0.2) is 10.8 Å². The number of nitrogens with two attached hydrogens (primary N) is 1. The normalized spacial score (nSPS) is 12.9. The lowest BCUT2D eigenvalue weighted by Gasteiger charge is -2.12. The van der Waals surface area contributed by atoms with Gasteiger partial charge in [0.05, 0.1) is 0 Å². The number of ether oxygens (including phenoxy) is 1. The third-order valence-electron chi connectivity index (χ3n) is 2.61. The predicted molar refractivity (Wildman–Crippen MR) is 69.8 cm³/mol. The molecule has 1 aromatic heterocycles. The van der Waals surface area contributed by atoms with Crippen molar-refractivity contribution in [1.29, 1.82) is 0 Å². The Morgan fingerprint density at radius 2 is 2.31 bits per heavy atom. The van der Waals surface area contributed by atoms with Gasteiger partial charge in [-0.05, 0) is 41.7 Å². The summed E-state index contributed by atoms with van der Waals surface area (Å²) in [6.45, 7) is 4.75. The molecule has 92 valence electrons. The van der Waals surface area contributed by atoms with Gasteiger partial charge in [-0.15, -0.1) is 0 Å². The number of thiophene rings is 1. The summed E-state index contributed by atoms with van der Waals surface area (Å²) in [4.78, 5) is 0. The maximum Gasteiger partial charge on any atom is 0.0462 e. The van der Waals surface area contributed by atoms with Crippen LogP contribution in [0.2, 0.25) is 0 Å². The summed E-state index contributed by atoms with van der Waals surface area (Å²) in [5.41, 5.74) is 8.73. The first-order valence-electron chi connectivity index (χ1n) is 5.71. The maximum atomic E-state index is 5.98. The van der Waals surface area contributed by atoms with Crippen LogP contribution in [0.4, 0.5) is 0 Å². The number of aryl methyl sites for hydroxylation is 1. The van der Waals surface area contributed by atoms with Crippen LogP contribution >= 0.6 is 11.3 Å². The zero-order valence-corrected chi connectivity index (χ0v) is 11.0. The van der Waals surface area contributed by atoms with Crippen LogP contribution in [0.5, 0.6) is 0 Å². The van der Waals surface area contributed by atoms with Gasteiger partial charge >= 0.3 is 0 Å². The van der Waals surface area contributed by atoms with Crippen LogP contribution in [0.1, 0.15) is 24.0 Å². The average Bonchev–Trinajstić information content (AvgIpc) is 2.65. The topological polar surface area (TPSA) is 47.3 Å². The SMILES string of the molecule is COCCCC(N)CNCc1cscc1C. The van der Waals surface area contributed by atoms with Gasteiger partial charge in [0.15, 0.2) is 0 Å². The van der Waals surface area contributed by atoms with Crippen molar-refractivity contribution in [2.75, 3.05) is 20.3 Å². The predicted octanol–water partition coefficient (Wildman–Crippen LogP) is 1.90. The van der Waals surface area contributed by atoms with Crippen LogP contribution in [0, 0.1) is 6.92 Å². The first-order valence-corrected chi connectivity index (χ1v) is 6.65. The van der Waals surface area contributed by atoms with Crippen molar-refractivity contribution < 1.29 is 4.74 Å². The fourth-order valence-corrected chi connectivity index (χ4v) is 2.41. The average molecular weight is 242 g/mol. The summed E-state index contributed by atoms with van der Waals surface area (Å²) in [5.74, 6) is 0. The molecule has 0 aromatic carbocycles. The number of hydrogen-bond donors (Lipinski definition) is 2. The van der Waals surface area contributed by atoms with Crippen molar-refractivity contribution in [3.05, 3.63) is 21.9 Å². The highest BCUT2D eigenvalue weighted by molar-refractivity contribution is 7.08. The molecule has 1 unspecified atom stereocenters. The van der Waals surface area contributed by atoms with E-state index in [1.165, 1.54) is 11.1 Å². The van der Waals surface area contributed by atoms with E-state index in [-0.39, 0.29) is 6.04 Å². The van der Waals surface area contributed by atoms with E-state index < -0.39 is 0 Å². The second-order valence-corrected chi connectivity index (χ2v) is 4.85. The monoisotopic (exact) mass is 242 g/mol. The Kier molecular flexibility index (Phi) is 6.64. The molecule has 0 amide bonds. The van der Waals surface area contributed by atoms with E-state index in [0.29, 0.717) is 0 Å². The van der Waals surface area contributed by atoms with Gasteiger partial charge in [0.1, 0.15) is 0 Å². The Morgan fingerprint density at radius 1 is 1.50 bits per heavy atom. The van der Waals surface area contributed by atoms with Gasteiger partial charge in [-0.1, -0.05) is 0 Å². The third-order valence-corrected chi connectivity index (χ3v) is 3.52. The van der Waals surface area contributed by atoms with Gasteiger partial charge in [-0.3, -0.25) is 0 Å². The Bertz CT molecular complexity index is 288. The smallest absolute Gasteiger partial charge is 0.0462 e. The van der Waals surface area contributed by atoms with Crippen molar-refractivity contribution in [2.24, 2.45) is 5.73 Å². The van der Waals surface area contributed by atoms with Crippen molar-refractivity contribution >= 4 is 11.3 Å². The highest BCUT2D eigenvalue weighted by Crippen LogP contribution is 2.12. The van der Waals surface area contributed by atoms with Crippen LogP contribution in [0.3, 0.4) is 0 Å². The van der Waals surface area contributed by atoms with E-state index in [1.54, 1.807) is 18.4 Å². The number of nitrogens with one attached hydrogen (secondary N) is 1. The quantitative estimate of drug-likeness (QED) is 0.685. The van der Waals surface area contributed by atoms with E-state index in [0.717, 1.165) is 32.5 Å². The van der Waals surface area contributed by atoms with Crippen molar-refractivity contribution in [3.63, 3.8) is 0 Å². The van der Waals surface area contributed by atoms with Crippen molar-refractivity contribution in [3.8, 4) is 0 Å².